The first-order valence-corrected chi connectivity index (χ1v) is 9.15. The van der Waals surface area contributed by atoms with Crippen LogP contribution in [-0.2, 0) is 16.6 Å². The van der Waals surface area contributed by atoms with E-state index in [0.717, 1.165) is 30.6 Å². The Hall–Kier alpha value is -1.67. The van der Waals surface area contributed by atoms with E-state index in [2.05, 4.69) is 9.97 Å². The molecule has 1 aliphatic heterocycles. The van der Waals surface area contributed by atoms with Crippen molar-refractivity contribution in [3.8, 4) is 5.88 Å². The van der Waals surface area contributed by atoms with Gasteiger partial charge < -0.3 is 9.67 Å². The molecule has 3 heterocycles. The minimum absolute atomic E-state index is 0.00754. The van der Waals surface area contributed by atoms with Gasteiger partial charge in [-0.3, -0.25) is 0 Å². The van der Waals surface area contributed by atoms with Crippen LogP contribution >= 0.6 is 0 Å². The van der Waals surface area contributed by atoms with Gasteiger partial charge in [-0.15, -0.1) is 0 Å². The topological polar surface area (TPSA) is 88.3 Å². The molecule has 8 heteroatoms. The average molecular weight is 324 g/mol. The maximum Gasteiger partial charge on any atom is 0.223 e. The SMILES string of the molecule is Cc1cn(CC2CCN(S(C)(=O)=O)CC2)c2ncnc(O)c12. The molecule has 0 aromatic carbocycles. The van der Waals surface area contributed by atoms with Gasteiger partial charge in [-0.2, -0.15) is 0 Å². The summed E-state index contributed by atoms with van der Waals surface area (Å²) in [5.74, 6) is 0.415. The number of fused-ring (bicyclic) bond motifs is 1. The van der Waals surface area contributed by atoms with Crippen LogP contribution in [0, 0.1) is 12.8 Å². The molecule has 120 valence electrons. The van der Waals surface area contributed by atoms with E-state index in [4.69, 9.17) is 0 Å². The number of nitrogens with zero attached hydrogens (tertiary/aromatic N) is 4. The molecule has 1 fully saturated rings. The van der Waals surface area contributed by atoms with E-state index in [1.807, 2.05) is 17.7 Å². The molecule has 0 saturated carbocycles. The molecule has 0 spiro atoms. The van der Waals surface area contributed by atoms with Gasteiger partial charge in [0.1, 0.15) is 12.0 Å². The Morgan fingerprint density at radius 3 is 2.64 bits per heavy atom. The molecule has 0 amide bonds. The van der Waals surface area contributed by atoms with Crippen molar-refractivity contribution in [1.82, 2.24) is 18.8 Å². The van der Waals surface area contributed by atoms with Gasteiger partial charge in [0.25, 0.3) is 0 Å². The molecule has 7 nitrogen and oxygen atoms in total. The Morgan fingerprint density at radius 1 is 1.32 bits per heavy atom. The standard InChI is InChI=1S/C14H20N4O3S/c1-10-7-17(13-12(10)14(19)16-9-15-13)8-11-3-5-18(6-4-11)22(2,20)21/h7,9,11H,3-6,8H2,1-2H3,(H,15,16,19). The van der Waals surface area contributed by atoms with Crippen molar-refractivity contribution in [3.63, 3.8) is 0 Å². The highest BCUT2D eigenvalue weighted by molar-refractivity contribution is 7.88. The lowest BCUT2D eigenvalue weighted by atomic mass is 9.98. The second-order valence-corrected chi connectivity index (χ2v) is 7.95. The van der Waals surface area contributed by atoms with Gasteiger partial charge in [0.2, 0.25) is 15.9 Å². The van der Waals surface area contributed by atoms with Gasteiger partial charge in [0, 0.05) is 25.8 Å². The van der Waals surface area contributed by atoms with Crippen molar-refractivity contribution in [2.45, 2.75) is 26.3 Å². The average Bonchev–Trinajstić information content (AvgIpc) is 2.76. The number of piperidine rings is 1. The van der Waals surface area contributed by atoms with Crippen LogP contribution in [0.15, 0.2) is 12.5 Å². The summed E-state index contributed by atoms with van der Waals surface area (Å²) in [6.45, 7) is 3.84. The van der Waals surface area contributed by atoms with Gasteiger partial charge >= 0.3 is 0 Å². The first kappa shape index (κ1) is 15.2. The quantitative estimate of drug-likeness (QED) is 0.914. The number of aryl methyl sites for hydroxylation is 1. The number of sulfonamides is 1. The zero-order valence-corrected chi connectivity index (χ0v) is 13.5. The van der Waals surface area contributed by atoms with E-state index in [1.54, 1.807) is 0 Å². The molecular weight excluding hydrogens is 304 g/mol. The second-order valence-electron chi connectivity index (χ2n) is 5.97. The summed E-state index contributed by atoms with van der Waals surface area (Å²) < 4.78 is 26.7. The van der Waals surface area contributed by atoms with E-state index in [0.29, 0.717) is 24.4 Å². The van der Waals surface area contributed by atoms with Crippen molar-refractivity contribution >= 4 is 21.1 Å². The first-order valence-electron chi connectivity index (χ1n) is 7.31. The highest BCUT2D eigenvalue weighted by Crippen LogP contribution is 2.28. The third-order valence-electron chi connectivity index (χ3n) is 4.32. The van der Waals surface area contributed by atoms with Crippen LogP contribution in [0.2, 0.25) is 0 Å². The van der Waals surface area contributed by atoms with Crippen molar-refractivity contribution in [3.05, 3.63) is 18.1 Å². The molecule has 0 unspecified atom stereocenters. The molecule has 0 bridgehead atoms. The predicted molar refractivity (Wildman–Crippen MR) is 83.1 cm³/mol. The van der Waals surface area contributed by atoms with Crippen LogP contribution in [0.5, 0.6) is 5.88 Å². The largest absolute Gasteiger partial charge is 0.493 e. The van der Waals surface area contributed by atoms with Crippen LogP contribution < -0.4 is 0 Å². The van der Waals surface area contributed by atoms with E-state index in [1.165, 1.54) is 16.9 Å². The monoisotopic (exact) mass is 324 g/mol. The summed E-state index contributed by atoms with van der Waals surface area (Å²) in [4.78, 5) is 8.09. The predicted octanol–water partition coefficient (Wildman–Crippen LogP) is 1.12. The summed E-state index contributed by atoms with van der Waals surface area (Å²) in [6.07, 6.45) is 6.27. The normalized spacial score (nSPS) is 18.1. The fourth-order valence-corrected chi connectivity index (χ4v) is 4.01. The zero-order chi connectivity index (χ0) is 15.9. The third-order valence-corrected chi connectivity index (χ3v) is 5.62. The highest BCUT2D eigenvalue weighted by atomic mass is 32.2. The Bertz CT molecular complexity index is 792. The smallest absolute Gasteiger partial charge is 0.223 e. The van der Waals surface area contributed by atoms with E-state index < -0.39 is 10.0 Å². The minimum atomic E-state index is -3.09. The van der Waals surface area contributed by atoms with Crippen LogP contribution in [0.4, 0.5) is 0 Å². The molecule has 2 aromatic heterocycles. The molecule has 0 radical (unpaired) electrons. The van der Waals surface area contributed by atoms with Crippen LogP contribution in [0.25, 0.3) is 11.0 Å². The van der Waals surface area contributed by atoms with E-state index in [-0.39, 0.29) is 5.88 Å². The minimum Gasteiger partial charge on any atom is -0.493 e. The van der Waals surface area contributed by atoms with Gasteiger partial charge in [-0.25, -0.2) is 22.7 Å². The molecule has 22 heavy (non-hydrogen) atoms. The van der Waals surface area contributed by atoms with Crippen LogP contribution in [0.1, 0.15) is 18.4 Å². The number of hydrogen-bond donors (Lipinski definition) is 1. The highest BCUT2D eigenvalue weighted by Gasteiger charge is 2.25. The maximum absolute atomic E-state index is 11.5. The van der Waals surface area contributed by atoms with Crippen LogP contribution in [-0.4, -0.2) is 51.7 Å². The van der Waals surface area contributed by atoms with E-state index in [9.17, 15) is 13.5 Å². The van der Waals surface area contributed by atoms with Gasteiger partial charge in [-0.05, 0) is 31.2 Å². The molecular formula is C14H20N4O3S. The number of aromatic hydroxyl groups is 1. The zero-order valence-electron chi connectivity index (χ0n) is 12.7. The molecule has 3 rings (SSSR count). The summed E-state index contributed by atoms with van der Waals surface area (Å²) in [7, 11) is -3.09. The Kier molecular flexibility index (Phi) is 3.82. The van der Waals surface area contributed by atoms with Crippen molar-refractivity contribution in [2.75, 3.05) is 19.3 Å². The molecule has 2 aromatic rings. The molecule has 0 atom stereocenters. The molecule has 1 saturated heterocycles. The summed E-state index contributed by atoms with van der Waals surface area (Å²) >= 11 is 0. The maximum atomic E-state index is 11.5. The van der Waals surface area contributed by atoms with Crippen molar-refractivity contribution in [1.29, 1.82) is 0 Å². The van der Waals surface area contributed by atoms with E-state index >= 15 is 0 Å². The van der Waals surface area contributed by atoms with Gasteiger partial charge in [0.05, 0.1) is 11.6 Å². The second kappa shape index (κ2) is 5.51. The summed E-state index contributed by atoms with van der Waals surface area (Å²) in [5, 5.41) is 10.5. The Morgan fingerprint density at radius 2 is 2.00 bits per heavy atom. The number of aromatic nitrogens is 3. The Balaban J connectivity index is 1.77. The Labute approximate surface area is 129 Å². The lowest BCUT2D eigenvalue weighted by Crippen LogP contribution is -2.38. The van der Waals surface area contributed by atoms with Crippen molar-refractivity contribution in [2.24, 2.45) is 5.92 Å². The lowest BCUT2D eigenvalue weighted by Gasteiger charge is -2.30. The number of rotatable bonds is 3. The third kappa shape index (κ3) is 2.80. The first-order chi connectivity index (χ1) is 10.4. The summed E-state index contributed by atoms with van der Waals surface area (Å²) in [6, 6.07) is 0. The summed E-state index contributed by atoms with van der Waals surface area (Å²) in [5.41, 5.74) is 1.68. The fourth-order valence-electron chi connectivity index (χ4n) is 3.14. The van der Waals surface area contributed by atoms with Gasteiger partial charge in [0.15, 0.2) is 0 Å². The lowest BCUT2D eigenvalue weighted by molar-refractivity contribution is 0.255. The molecule has 1 N–H and O–H groups in total. The van der Waals surface area contributed by atoms with Gasteiger partial charge in [-0.1, -0.05) is 0 Å². The van der Waals surface area contributed by atoms with Crippen LogP contribution in [0.3, 0.4) is 0 Å². The fraction of sp³-hybridized carbons (Fsp3) is 0.571. The van der Waals surface area contributed by atoms with Crippen molar-refractivity contribution < 1.29 is 13.5 Å². The number of hydrogen-bond acceptors (Lipinski definition) is 5. The molecule has 1 aliphatic rings. The molecule has 0 aliphatic carbocycles.